The Bertz CT molecular complexity index is 607. The van der Waals surface area contributed by atoms with Crippen LogP contribution in [0.15, 0.2) is 60.7 Å². The van der Waals surface area contributed by atoms with Gasteiger partial charge in [0, 0.05) is 12.1 Å². The Morgan fingerprint density at radius 1 is 0.957 bits per heavy atom. The summed E-state index contributed by atoms with van der Waals surface area (Å²) in [5.41, 5.74) is 2.50. The van der Waals surface area contributed by atoms with Crippen molar-refractivity contribution in [1.82, 2.24) is 4.90 Å². The molecule has 0 aliphatic carbocycles. The number of para-hydroxylation sites is 1. The van der Waals surface area contributed by atoms with Gasteiger partial charge >= 0.3 is 0 Å². The normalized spacial score (nSPS) is 15.4. The summed E-state index contributed by atoms with van der Waals surface area (Å²) in [6.07, 6.45) is 1.16. The van der Waals surface area contributed by atoms with Crippen LogP contribution in [-0.2, 0) is 6.42 Å². The van der Waals surface area contributed by atoms with E-state index in [0.29, 0.717) is 0 Å². The first-order valence-electron chi connectivity index (χ1n) is 8.30. The molecule has 2 aromatic rings. The maximum atomic E-state index is 5.54. The van der Waals surface area contributed by atoms with Crippen molar-refractivity contribution >= 4 is 23.0 Å². The summed E-state index contributed by atoms with van der Waals surface area (Å²) in [4.78, 5) is 3.96. The zero-order valence-corrected chi connectivity index (χ0v) is 14.2. The molecule has 23 heavy (non-hydrogen) atoms. The standard InChI is InChI=1S/C19H23N3S/c23-19(20-18-9-5-2-6-10-18)22-15-13-21(14-16-22)12-11-17-7-3-1-4-8-17/h1-10H,11-16H2,(H,20,23)/p+1. The third-order valence-corrected chi connectivity index (χ3v) is 4.75. The van der Waals surface area contributed by atoms with Crippen LogP contribution in [0.3, 0.4) is 0 Å². The maximum Gasteiger partial charge on any atom is 0.173 e. The first-order chi connectivity index (χ1) is 11.3. The lowest BCUT2D eigenvalue weighted by Crippen LogP contribution is -3.15. The van der Waals surface area contributed by atoms with Crippen LogP contribution in [0.1, 0.15) is 5.56 Å². The average molecular weight is 326 g/mol. The van der Waals surface area contributed by atoms with Crippen molar-refractivity contribution in [3.63, 3.8) is 0 Å². The molecule has 2 N–H and O–H groups in total. The minimum atomic E-state index is 0.846. The Labute approximate surface area is 143 Å². The molecule has 3 nitrogen and oxygen atoms in total. The van der Waals surface area contributed by atoms with Gasteiger partial charge in [0.25, 0.3) is 0 Å². The van der Waals surface area contributed by atoms with Crippen LogP contribution in [-0.4, -0.2) is 42.7 Å². The smallest absolute Gasteiger partial charge is 0.173 e. The zero-order chi connectivity index (χ0) is 15.9. The molecule has 0 unspecified atom stereocenters. The molecular formula is C19H24N3S+. The molecule has 3 rings (SSSR count). The fourth-order valence-electron chi connectivity index (χ4n) is 2.97. The number of nitrogens with zero attached hydrogens (tertiary/aromatic N) is 1. The number of benzene rings is 2. The number of thiocarbonyl (C=S) groups is 1. The molecule has 0 aromatic heterocycles. The first kappa shape index (κ1) is 16.0. The molecule has 4 heteroatoms. The molecule has 1 heterocycles. The number of anilines is 1. The topological polar surface area (TPSA) is 19.7 Å². The van der Waals surface area contributed by atoms with Gasteiger partial charge in [-0.05, 0) is 29.9 Å². The van der Waals surface area contributed by atoms with Crippen molar-refractivity contribution in [3.05, 3.63) is 66.2 Å². The molecule has 0 spiro atoms. The Balaban J connectivity index is 1.42. The van der Waals surface area contributed by atoms with E-state index in [9.17, 15) is 0 Å². The van der Waals surface area contributed by atoms with Gasteiger partial charge in [0.05, 0.1) is 32.7 Å². The van der Waals surface area contributed by atoms with E-state index >= 15 is 0 Å². The average Bonchev–Trinajstić information content (AvgIpc) is 2.62. The van der Waals surface area contributed by atoms with E-state index in [1.54, 1.807) is 4.90 Å². The SMILES string of the molecule is S=C(Nc1ccccc1)N1CC[NH+](CCc2ccccc2)CC1. The van der Waals surface area contributed by atoms with E-state index in [2.05, 4.69) is 40.5 Å². The van der Waals surface area contributed by atoms with Crippen molar-refractivity contribution in [3.8, 4) is 0 Å². The van der Waals surface area contributed by atoms with Gasteiger partial charge in [-0.25, -0.2) is 0 Å². The van der Waals surface area contributed by atoms with Crippen LogP contribution in [0.5, 0.6) is 0 Å². The van der Waals surface area contributed by atoms with Crippen molar-refractivity contribution in [2.45, 2.75) is 6.42 Å². The van der Waals surface area contributed by atoms with Crippen molar-refractivity contribution in [2.75, 3.05) is 38.0 Å². The van der Waals surface area contributed by atoms with Crippen LogP contribution >= 0.6 is 12.2 Å². The number of piperazine rings is 1. The van der Waals surface area contributed by atoms with Gasteiger partial charge in [0.15, 0.2) is 5.11 Å². The van der Waals surface area contributed by atoms with Crippen molar-refractivity contribution < 1.29 is 4.90 Å². The van der Waals surface area contributed by atoms with Crippen molar-refractivity contribution in [2.24, 2.45) is 0 Å². The monoisotopic (exact) mass is 326 g/mol. The van der Waals surface area contributed by atoms with E-state index in [0.717, 1.165) is 43.4 Å². The molecule has 0 radical (unpaired) electrons. The lowest BCUT2D eigenvalue weighted by atomic mass is 10.1. The van der Waals surface area contributed by atoms with Crippen LogP contribution in [0.2, 0.25) is 0 Å². The quantitative estimate of drug-likeness (QED) is 0.837. The lowest BCUT2D eigenvalue weighted by Gasteiger charge is -2.33. The molecule has 120 valence electrons. The zero-order valence-electron chi connectivity index (χ0n) is 13.4. The summed E-state index contributed by atoms with van der Waals surface area (Å²) in [6.45, 7) is 5.58. The Kier molecular flexibility index (Phi) is 5.61. The highest BCUT2D eigenvalue weighted by atomic mass is 32.1. The molecule has 0 atom stereocenters. The predicted octanol–water partition coefficient (Wildman–Crippen LogP) is 1.83. The molecule has 1 fully saturated rings. The molecule has 1 aliphatic heterocycles. The largest absolute Gasteiger partial charge is 0.338 e. The summed E-state index contributed by atoms with van der Waals surface area (Å²) >= 11 is 5.54. The Morgan fingerprint density at radius 3 is 2.22 bits per heavy atom. The fraction of sp³-hybridized carbons (Fsp3) is 0.316. The number of rotatable bonds is 4. The van der Waals surface area contributed by atoms with Gasteiger partial charge in [0.1, 0.15) is 0 Å². The minimum Gasteiger partial charge on any atom is -0.338 e. The van der Waals surface area contributed by atoms with E-state index < -0.39 is 0 Å². The van der Waals surface area contributed by atoms with Gasteiger partial charge in [-0.2, -0.15) is 0 Å². The molecule has 1 aliphatic rings. The van der Waals surface area contributed by atoms with Gasteiger partial charge in [-0.15, -0.1) is 0 Å². The summed E-state index contributed by atoms with van der Waals surface area (Å²) < 4.78 is 0. The van der Waals surface area contributed by atoms with Gasteiger partial charge < -0.3 is 15.1 Å². The summed E-state index contributed by atoms with van der Waals surface area (Å²) in [7, 11) is 0. The highest BCUT2D eigenvalue weighted by Crippen LogP contribution is 2.07. The second-order valence-corrected chi connectivity index (χ2v) is 6.41. The summed E-state index contributed by atoms with van der Waals surface area (Å²) in [6, 6.07) is 20.9. The highest BCUT2D eigenvalue weighted by molar-refractivity contribution is 7.80. The third kappa shape index (κ3) is 4.78. The number of hydrogen-bond acceptors (Lipinski definition) is 1. The molecule has 0 saturated carbocycles. The van der Waals surface area contributed by atoms with E-state index in [1.807, 2.05) is 30.3 Å². The van der Waals surface area contributed by atoms with Crippen LogP contribution in [0, 0.1) is 0 Å². The number of nitrogens with one attached hydrogen (secondary N) is 2. The first-order valence-corrected chi connectivity index (χ1v) is 8.70. The van der Waals surface area contributed by atoms with Crippen LogP contribution < -0.4 is 10.2 Å². The number of hydrogen-bond donors (Lipinski definition) is 2. The second kappa shape index (κ2) is 8.09. The molecule has 0 amide bonds. The molecule has 1 saturated heterocycles. The summed E-state index contributed by atoms with van der Waals surface area (Å²) in [5, 5.41) is 4.18. The Hall–Kier alpha value is -1.91. The third-order valence-electron chi connectivity index (χ3n) is 4.39. The Morgan fingerprint density at radius 2 is 1.57 bits per heavy atom. The number of quaternary nitrogens is 1. The van der Waals surface area contributed by atoms with Gasteiger partial charge in [0.2, 0.25) is 0 Å². The maximum absolute atomic E-state index is 5.54. The van der Waals surface area contributed by atoms with Crippen LogP contribution in [0.4, 0.5) is 5.69 Å². The van der Waals surface area contributed by atoms with Crippen LogP contribution in [0.25, 0.3) is 0 Å². The highest BCUT2D eigenvalue weighted by Gasteiger charge is 2.21. The van der Waals surface area contributed by atoms with Gasteiger partial charge in [-0.3, -0.25) is 0 Å². The van der Waals surface area contributed by atoms with E-state index in [-0.39, 0.29) is 0 Å². The van der Waals surface area contributed by atoms with E-state index in [4.69, 9.17) is 12.2 Å². The van der Waals surface area contributed by atoms with Gasteiger partial charge in [-0.1, -0.05) is 48.5 Å². The predicted molar refractivity (Wildman–Crippen MR) is 99.9 cm³/mol. The van der Waals surface area contributed by atoms with Crippen molar-refractivity contribution in [1.29, 1.82) is 0 Å². The molecule has 0 bridgehead atoms. The summed E-state index contributed by atoms with van der Waals surface area (Å²) in [5.74, 6) is 0. The lowest BCUT2D eigenvalue weighted by molar-refractivity contribution is -0.903. The molecular weight excluding hydrogens is 302 g/mol. The minimum absolute atomic E-state index is 0.846. The molecule has 2 aromatic carbocycles. The second-order valence-electron chi connectivity index (χ2n) is 6.02. The fourth-order valence-corrected chi connectivity index (χ4v) is 3.27. The van der Waals surface area contributed by atoms with E-state index in [1.165, 1.54) is 12.1 Å².